The zero-order valence-corrected chi connectivity index (χ0v) is 12.5. The van der Waals surface area contributed by atoms with Crippen molar-refractivity contribution in [3.05, 3.63) is 35.4 Å². The lowest BCUT2D eigenvalue weighted by molar-refractivity contribution is 0.167. The summed E-state index contributed by atoms with van der Waals surface area (Å²) in [5.41, 5.74) is 0.302. The highest BCUT2D eigenvalue weighted by atomic mass is 19.1. The van der Waals surface area contributed by atoms with Crippen molar-refractivity contribution in [2.45, 2.75) is 31.6 Å². The molecule has 2 saturated heterocycles. The molecule has 116 valence electrons. The van der Waals surface area contributed by atoms with Gasteiger partial charge in [0, 0.05) is 12.1 Å². The van der Waals surface area contributed by atoms with Crippen molar-refractivity contribution in [2.24, 2.45) is 5.92 Å². The average Bonchev–Trinajstić information content (AvgIpc) is 2.50. The van der Waals surface area contributed by atoms with Gasteiger partial charge in [0.25, 0.3) is 0 Å². The van der Waals surface area contributed by atoms with Gasteiger partial charge in [-0.2, -0.15) is 0 Å². The second-order valence-electron chi connectivity index (χ2n) is 6.42. The third kappa shape index (κ3) is 3.61. The Morgan fingerprint density at radius 2 is 1.81 bits per heavy atom. The van der Waals surface area contributed by atoms with Gasteiger partial charge in [-0.05, 0) is 75.8 Å². The molecule has 3 rings (SSSR count). The van der Waals surface area contributed by atoms with Crippen LogP contribution in [0.4, 0.5) is 8.78 Å². The topological polar surface area (TPSA) is 15.3 Å². The van der Waals surface area contributed by atoms with E-state index in [9.17, 15) is 8.78 Å². The van der Waals surface area contributed by atoms with Crippen LogP contribution in [0, 0.1) is 17.6 Å². The molecular formula is C17H24F2N2. The van der Waals surface area contributed by atoms with Crippen LogP contribution in [0.5, 0.6) is 0 Å². The minimum atomic E-state index is -0.384. The molecule has 1 atom stereocenters. The van der Waals surface area contributed by atoms with Crippen molar-refractivity contribution < 1.29 is 8.78 Å². The summed E-state index contributed by atoms with van der Waals surface area (Å²) in [6.07, 6.45) is 4.28. The summed E-state index contributed by atoms with van der Waals surface area (Å²) in [5, 5.41) is 3.45. The standard InChI is InChI=1S/C17H24F2N2/c18-15-4-1-5-16(19)17(15)14-6-9-21(10-7-14)12-13-3-2-8-20-11-13/h1,4-5,13-14,20H,2-3,6-12H2. The maximum absolute atomic E-state index is 13.8. The predicted molar refractivity (Wildman–Crippen MR) is 80.4 cm³/mol. The van der Waals surface area contributed by atoms with E-state index in [1.54, 1.807) is 0 Å². The molecule has 0 bridgehead atoms. The largest absolute Gasteiger partial charge is 0.316 e. The van der Waals surface area contributed by atoms with E-state index in [0.29, 0.717) is 5.56 Å². The first-order chi connectivity index (χ1) is 10.2. The van der Waals surface area contributed by atoms with Crippen LogP contribution in [0.25, 0.3) is 0 Å². The summed E-state index contributed by atoms with van der Waals surface area (Å²) < 4.78 is 27.7. The Balaban J connectivity index is 1.55. The summed E-state index contributed by atoms with van der Waals surface area (Å²) in [4.78, 5) is 2.47. The van der Waals surface area contributed by atoms with E-state index < -0.39 is 0 Å². The highest BCUT2D eigenvalue weighted by molar-refractivity contribution is 5.24. The van der Waals surface area contributed by atoms with E-state index in [0.717, 1.165) is 51.5 Å². The van der Waals surface area contributed by atoms with Gasteiger partial charge >= 0.3 is 0 Å². The van der Waals surface area contributed by atoms with Crippen molar-refractivity contribution in [3.8, 4) is 0 Å². The van der Waals surface area contributed by atoms with Crippen LogP contribution in [0.3, 0.4) is 0 Å². The van der Waals surface area contributed by atoms with Crippen molar-refractivity contribution in [2.75, 3.05) is 32.7 Å². The Morgan fingerprint density at radius 3 is 2.43 bits per heavy atom. The maximum Gasteiger partial charge on any atom is 0.129 e. The lowest BCUT2D eigenvalue weighted by atomic mass is 9.88. The number of piperidine rings is 2. The number of halogens is 2. The molecule has 1 unspecified atom stereocenters. The molecule has 1 aromatic carbocycles. The van der Waals surface area contributed by atoms with Gasteiger partial charge in [0.15, 0.2) is 0 Å². The van der Waals surface area contributed by atoms with E-state index in [1.165, 1.54) is 31.0 Å². The molecule has 0 spiro atoms. The molecule has 2 aliphatic heterocycles. The van der Waals surface area contributed by atoms with Gasteiger partial charge in [-0.15, -0.1) is 0 Å². The van der Waals surface area contributed by atoms with Crippen LogP contribution in [0.1, 0.15) is 37.2 Å². The van der Waals surface area contributed by atoms with Crippen molar-refractivity contribution in [1.82, 2.24) is 10.2 Å². The first kappa shape index (κ1) is 14.9. The minimum Gasteiger partial charge on any atom is -0.316 e. The number of nitrogens with one attached hydrogen (secondary N) is 1. The first-order valence-corrected chi connectivity index (χ1v) is 8.11. The zero-order chi connectivity index (χ0) is 14.7. The Morgan fingerprint density at radius 1 is 1.10 bits per heavy atom. The first-order valence-electron chi connectivity index (χ1n) is 8.11. The van der Waals surface area contributed by atoms with Gasteiger partial charge < -0.3 is 10.2 Å². The smallest absolute Gasteiger partial charge is 0.129 e. The van der Waals surface area contributed by atoms with Gasteiger partial charge in [-0.25, -0.2) is 8.78 Å². The van der Waals surface area contributed by atoms with E-state index in [1.807, 2.05) is 0 Å². The average molecular weight is 294 g/mol. The molecule has 0 aromatic heterocycles. The third-order valence-electron chi connectivity index (χ3n) is 4.91. The summed E-state index contributed by atoms with van der Waals surface area (Å²) in [6, 6.07) is 4.19. The Kier molecular flexibility index (Phi) is 4.86. The molecule has 21 heavy (non-hydrogen) atoms. The fraction of sp³-hybridized carbons (Fsp3) is 0.647. The summed E-state index contributed by atoms with van der Waals surface area (Å²) >= 11 is 0. The molecule has 2 aliphatic rings. The summed E-state index contributed by atoms with van der Waals surface area (Å²) in [6.45, 7) is 5.29. The second-order valence-corrected chi connectivity index (χ2v) is 6.42. The monoisotopic (exact) mass is 294 g/mol. The Bertz CT molecular complexity index is 444. The number of benzene rings is 1. The van der Waals surface area contributed by atoms with Crippen LogP contribution in [-0.4, -0.2) is 37.6 Å². The molecule has 0 amide bonds. The number of hydrogen-bond donors (Lipinski definition) is 1. The zero-order valence-electron chi connectivity index (χ0n) is 12.5. The van der Waals surface area contributed by atoms with Crippen LogP contribution in [0.2, 0.25) is 0 Å². The third-order valence-corrected chi connectivity index (χ3v) is 4.91. The number of rotatable bonds is 3. The van der Waals surface area contributed by atoms with Gasteiger partial charge in [-0.1, -0.05) is 6.07 Å². The van der Waals surface area contributed by atoms with Gasteiger partial charge in [0.2, 0.25) is 0 Å². The van der Waals surface area contributed by atoms with Crippen molar-refractivity contribution in [3.63, 3.8) is 0 Å². The number of hydrogen-bond acceptors (Lipinski definition) is 2. The minimum absolute atomic E-state index is 0.0342. The van der Waals surface area contributed by atoms with Crippen molar-refractivity contribution >= 4 is 0 Å². The van der Waals surface area contributed by atoms with Gasteiger partial charge in [-0.3, -0.25) is 0 Å². The fourth-order valence-electron chi connectivity index (χ4n) is 3.75. The number of likely N-dealkylation sites (tertiary alicyclic amines) is 1. The molecule has 0 radical (unpaired) electrons. The molecule has 0 saturated carbocycles. The quantitative estimate of drug-likeness (QED) is 0.921. The molecule has 2 heterocycles. The number of nitrogens with zero attached hydrogens (tertiary/aromatic N) is 1. The normalized spacial score (nSPS) is 25.1. The summed E-state index contributed by atoms with van der Waals surface area (Å²) in [5.74, 6) is 0.00212. The van der Waals surface area contributed by atoms with E-state index in [2.05, 4.69) is 10.2 Å². The molecule has 1 N–H and O–H groups in total. The Hall–Kier alpha value is -1.00. The predicted octanol–water partition coefficient (Wildman–Crippen LogP) is 3.14. The molecule has 1 aromatic rings. The molecular weight excluding hydrogens is 270 g/mol. The second kappa shape index (κ2) is 6.84. The maximum atomic E-state index is 13.8. The van der Waals surface area contributed by atoms with Crippen LogP contribution in [0.15, 0.2) is 18.2 Å². The lowest BCUT2D eigenvalue weighted by Crippen LogP contribution is -2.41. The van der Waals surface area contributed by atoms with E-state index in [-0.39, 0.29) is 17.6 Å². The lowest BCUT2D eigenvalue weighted by Gasteiger charge is -2.35. The van der Waals surface area contributed by atoms with Gasteiger partial charge in [0.1, 0.15) is 11.6 Å². The van der Waals surface area contributed by atoms with Gasteiger partial charge in [0.05, 0.1) is 0 Å². The molecule has 2 nitrogen and oxygen atoms in total. The van der Waals surface area contributed by atoms with E-state index >= 15 is 0 Å². The molecule has 4 heteroatoms. The van der Waals surface area contributed by atoms with E-state index in [4.69, 9.17) is 0 Å². The highest BCUT2D eigenvalue weighted by Gasteiger charge is 2.26. The molecule has 0 aliphatic carbocycles. The Labute approximate surface area is 125 Å². The fourth-order valence-corrected chi connectivity index (χ4v) is 3.75. The highest BCUT2D eigenvalue weighted by Crippen LogP contribution is 2.32. The van der Waals surface area contributed by atoms with Crippen LogP contribution in [-0.2, 0) is 0 Å². The van der Waals surface area contributed by atoms with Crippen LogP contribution < -0.4 is 5.32 Å². The van der Waals surface area contributed by atoms with Crippen LogP contribution >= 0.6 is 0 Å². The molecule has 2 fully saturated rings. The SMILES string of the molecule is Fc1cccc(F)c1C1CCN(CC2CCCNC2)CC1. The summed E-state index contributed by atoms with van der Waals surface area (Å²) in [7, 11) is 0. The van der Waals surface area contributed by atoms with Crippen molar-refractivity contribution in [1.29, 1.82) is 0 Å².